The van der Waals surface area contributed by atoms with Crippen LogP contribution in [0.25, 0.3) is 0 Å². The number of para-hydroxylation sites is 1. The summed E-state index contributed by atoms with van der Waals surface area (Å²) in [4.78, 5) is 3.18. The van der Waals surface area contributed by atoms with Crippen LogP contribution in [0.15, 0.2) is 35.2 Å². The molecule has 0 atom stereocenters. The molecule has 0 saturated carbocycles. The standard InChI is InChI=1S/C16H19NO2S2/c1-2-21(18,19)16-9-4-3-7-14(16)17-11-13-10-12-6-5-8-15(12)20-13/h3-4,7,9-10,17H,2,5-6,8,11H2,1H3. The molecular weight excluding hydrogens is 302 g/mol. The molecule has 0 bridgehead atoms. The average molecular weight is 321 g/mol. The zero-order chi connectivity index (χ0) is 14.9. The molecule has 21 heavy (non-hydrogen) atoms. The van der Waals surface area contributed by atoms with Gasteiger partial charge in [-0.3, -0.25) is 0 Å². The van der Waals surface area contributed by atoms with E-state index in [0.717, 1.165) is 0 Å². The maximum absolute atomic E-state index is 12.1. The number of nitrogens with one attached hydrogen (secondary N) is 1. The zero-order valence-electron chi connectivity index (χ0n) is 12.1. The molecule has 5 heteroatoms. The zero-order valence-corrected chi connectivity index (χ0v) is 13.7. The number of hydrogen-bond donors (Lipinski definition) is 1. The highest BCUT2D eigenvalue weighted by Crippen LogP contribution is 2.31. The van der Waals surface area contributed by atoms with Crippen LogP contribution in [-0.4, -0.2) is 14.2 Å². The number of sulfone groups is 1. The van der Waals surface area contributed by atoms with Crippen LogP contribution in [0.3, 0.4) is 0 Å². The highest BCUT2D eigenvalue weighted by atomic mass is 32.2. The van der Waals surface area contributed by atoms with Crippen LogP contribution in [0, 0.1) is 0 Å². The summed E-state index contributed by atoms with van der Waals surface area (Å²) in [5.74, 6) is 0.124. The van der Waals surface area contributed by atoms with Gasteiger partial charge in [0.05, 0.1) is 16.3 Å². The highest BCUT2D eigenvalue weighted by molar-refractivity contribution is 7.91. The second kappa shape index (κ2) is 5.81. The molecule has 1 aliphatic carbocycles. The SMILES string of the molecule is CCS(=O)(=O)c1ccccc1NCc1cc2c(s1)CCC2. The van der Waals surface area contributed by atoms with Crippen LogP contribution < -0.4 is 5.32 Å². The lowest BCUT2D eigenvalue weighted by molar-refractivity contribution is 0.597. The van der Waals surface area contributed by atoms with Gasteiger partial charge in [0.1, 0.15) is 0 Å². The van der Waals surface area contributed by atoms with E-state index in [2.05, 4.69) is 11.4 Å². The summed E-state index contributed by atoms with van der Waals surface area (Å²) in [7, 11) is -3.19. The van der Waals surface area contributed by atoms with Crippen LogP contribution in [0.2, 0.25) is 0 Å². The van der Waals surface area contributed by atoms with Crippen molar-refractivity contribution in [3.8, 4) is 0 Å². The van der Waals surface area contributed by atoms with Crippen LogP contribution in [0.4, 0.5) is 5.69 Å². The van der Waals surface area contributed by atoms with Gasteiger partial charge >= 0.3 is 0 Å². The first-order valence-electron chi connectivity index (χ1n) is 7.26. The van der Waals surface area contributed by atoms with E-state index in [1.807, 2.05) is 23.5 Å². The van der Waals surface area contributed by atoms with E-state index in [1.165, 1.54) is 34.6 Å². The first-order chi connectivity index (χ1) is 10.1. The molecule has 1 aliphatic rings. The Labute approximate surface area is 129 Å². The van der Waals surface area contributed by atoms with Gasteiger partial charge < -0.3 is 5.32 Å². The number of aryl methyl sites for hydroxylation is 2. The summed E-state index contributed by atoms with van der Waals surface area (Å²) in [6.07, 6.45) is 3.65. The highest BCUT2D eigenvalue weighted by Gasteiger charge is 2.17. The first kappa shape index (κ1) is 14.6. The average Bonchev–Trinajstić information content (AvgIpc) is 3.06. The van der Waals surface area contributed by atoms with E-state index in [1.54, 1.807) is 19.1 Å². The van der Waals surface area contributed by atoms with Crippen molar-refractivity contribution < 1.29 is 8.42 Å². The van der Waals surface area contributed by atoms with Gasteiger partial charge in [0.25, 0.3) is 0 Å². The first-order valence-corrected chi connectivity index (χ1v) is 9.73. The van der Waals surface area contributed by atoms with Crippen molar-refractivity contribution in [3.05, 3.63) is 45.6 Å². The topological polar surface area (TPSA) is 46.2 Å². The Morgan fingerprint density at radius 2 is 2.05 bits per heavy atom. The van der Waals surface area contributed by atoms with Gasteiger partial charge in [-0.05, 0) is 43.0 Å². The van der Waals surface area contributed by atoms with E-state index in [-0.39, 0.29) is 5.75 Å². The van der Waals surface area contributed by atoms with Crippen molar-refractivity contribution in [2.24, 2.45) is 0 Å². The van der Waals surface area contributed by atoms with Gasteiger partial charge in [-0.25, -0.2) is 8.42 Å². The molecule has 0 saturated heterocycles. The normalized spacial score (nSPS) is 14.1. The summed E-state index contributed by atoms with van der Waals surface area (Å²) >= 11 is 1.85. The minimum atomic E-state index is -3.19. The summed E-state index contributed by atoms with van der Waals surface area (Å²) in [6.45, 7) is 2.36. The Balaban J connectivity index is 1.79. The Bertz CT molecular complexity index is 726. The van der Waals surface area contributed by atoms with Gasteiger partial charge in [0, 0.05) is 16.3 Å². The lowest BCUT2D eigenvalue weighted by atomic mass is 10.2. The lowest BCUT2D eigenvalue weighted by Crippen LogP contribution is -2.08. The number of hydrogen-bond acceptors (Lipinski definition) is 4. The maximum atomic E-state index is 12.1. The Kier molecular flexibility index (Phi) is 4.04. The number of anilines is 1. The molecule has 112 valence electrons. The van der Waals surface area contributed by atoms with Crippen LogP contribution in [0.5, 0.6) is 0 Å². The van der Waals surface area contributed by atoms with Crippen molar-refractivity contribution in [1.82, 2.24) is 0 Å². The molecule has 0 spiro atoms. The Morgan fingerprint density at radius 3 is 2.81 bits per heavy atom. The summed E-state index contributed by atoms with van der Waals surface area (Å²) in [5, 5.41) is 3.29. The van der Waals surface area contributed by atoms with Crippen molar-refractivity contribution in [3.63, 3.8) is 0 Å². The van der Waals surface area contributed by atoms with Crippen molar-refractivity contribution in [2.75, 3.05) is 11.1 Å². The van der Waals surface area contributed by atoms with Crippen LogP contribution in [-0.2, 0) is 29.2 Å². The molecule has 0 radical (unpaired) electrons. The summed E-state index contributed by atoms with van der Waals surface area (Å²) < 4.78 is 24.2. The second-order valence-corrected chi connectivity index (χ2v) is 8.74. The minimum Gasteiger partial charge on any atom is -0.379 e. The third-order valence-corrected chi connectivity index (χ3v) is 6.88. The van der Waals surface area contributed by atoms with E-state index >= 15 is 0 Å². The Hall–Kier alpha value is -1.33. The van der Waals surface area contributed by atoms with Gasteiger partial charge in [0.2, 0.25) is 0 Å². The van der Waals surface area contributed by atoms with Crippen molar-refractivity contribution in [2.45, 2.75) is 37.6 Å². The minimum absolute atomic E-state index is 0.124. The molecule has 0 fully saturated rings. The van der Waals surface area contributed by atoms with Gasteiger partial charge in [-0.2, -0.15) is 0 Å². The molecule has 1 N–H and O–H groups in total. The quantitative estimate of drug-likeness (QED) is 0.914. The van der Waals surface area contributed by atoms with Gasteiger partial charge in [-0.1, -0.05) is 19.1 Å². The monoisotopic (exact) mass is 321 g/mol. The number of thiophene rings is 1. The Morgan fingerprint density at radius 1 is 1.24 bits per heavy atom. The number of rotatable bonds is 5. The summed E-state index contributed by atoms with van der Waals surface area (Å²) in [5.41, 5.74) is 2.18. The smallest absolute Gasteiger partial charge is 0.180 e. The fourth-order valence-electron chi connectivity index (χ4n) is 2.70. The summed E-state index contributed by atoms with van der Waals surface area (Å²) in [6, 6.07) is 9.41. The van der Waals surface area contributed by atoms with Crippen LogP contribution in [0.1, 0.15) is 28.7 Å². The third-order valence-electron chi connectivity index (χ3n) is 3.85. The molecule has 3 nitrogen and oxygen atoms in total. The molecule has 1 aromatic carbocycles. The lowest BCUT2D eigenvalue weighted by Gasteiger charge is -2.11. The van der Waals surface area contributed by atoms with E-state index in [4.69, 9.17) is 0 Å². The largest absolute Gasteiger partial charge is 0.379 e. The van der Waals surface area contributed by atoms with Crippen molar-refractivity contribution in [1.29, 1.82) is 0 Å². The molecule has 0 unspecified atom stereocenters. The third kappa shape index (κ3) is 2.99. The van der Waals surface area contributed by atoms with E-state index in [9.17, 15) is 8.42 Å². The van der Waals surface area contributed by atoms with Crippen LogP contribution >= 0.6 is 11.3 Å². The molecule has 0 aliphatic heterocycles. The predicted octanol–water partition coefficient (Wildman–Crippen LogP) is 3.64. The van der Waals surface area contributed by atoms with Gasteiger partial charge in [-0.15, -0.1) is 11.3 Å². The molecular formula is C16H19NO2S2. The molecule has 1 heterocycles. The predicted molar refractivity (Wildman–Crippen MR) is 87.8 cm³/mol. The second-order valence-electron chi connectivity index (χ2n) is 5.27. The molecule has 3 rings (SSSR count). The number of benzene rings is 1. The fraction of sp³-hybridized carbons (Fsp3) is 0.375. The van der Waals surface area contributed by atoms with Gasteiger partial charge in [0.15, 0.2) is 9.84 Å². The molecule has 2 aromatic rings. The molecule has 1 aromatic heterocycles. The molecule has 0 amide bonds. The number of fused-ring (bicyclic) bond motifs is 1. The maximum Gasteiger partial charge on any atom is 0.180 e. The van der Waals surface area contributed by atoms with Crippen molar-refractivity contribution >= 4 is 26.9 Å². The fourth-order valence-corrected chi connectivity index (χ4v) is 4.97. The van der Waals surface area contributed by atoms with E-state index in [0.29, 0.717) is 17.1 Å². The van der Waals surface area contributed by atoms with E-state index < -0.39 is 9.84 Å².